The van der Waals surface area contributed by atoms with E-state index in [0.717, 1.165) is 52.0 Å². The second-order valence-electron chi connectivity index (χ2n) is 12.7. The van der Waals surface area contributed by atoms with E-state index in [1.165, 1.54) is 26.1 Å². The number of carboxylic acid groups (broad SMARTS) is 1. The number of pyridine rings is 1. The number of nitrogens with one attached hydrogen (secondary N) is 1. The van der Waals surface area contributed by atoms with Gasteiger partial charge in [-0.15, -0.1) is 0 Å². The molecule has 1 saturated carbocycles. The highest BCUT2D eigenvalue weighted by molar-refractivity contribution is 6.37. The minimum absolute atomic E-state index is 0.344. The number of ether oxygens (including phenoxy) is 3. The van der Waals surface area contributed by atoms with Crippen molar-refractivity contribution in [3.05, 3.63) is 46.1 Å². The molecule has 1 spiro atoms. The summed E-state index contributed by atoms with van der Waals surface area (Å²) in [6, 6.07) is 9.77. The van der Waals surface area contributed by atoms with Crippen LogP contribution in [0.4, 0.5) is 16.2 Å². The summed E-state index contributed by atoms with van der Waals surface area (Å²) in [6.07, 6.45) is 6.02. The number of piperidine rings is 1. The third-order valence-electron chi connectivity index (χ3n) is 10.0. The molecule has 2 saturated heterocycles. The Bertz CT molecular complexity index is 1660. The van der Waals surface area contributed by atoms with Gasteiger partial charge in [0.15, 0.2) is 11.5 Å². The van der Waals surface area contributed by atoms with E-state index in [-0.39, 0.29) is 0 Å². The minimum atomic E-state index is -0.786. The number of piperazine rings is 1. The summed E-state index contributed by atoms with van der Waals surface area (Å²) < 4.78 is 17.2. The third-order valence-corrected chi connectivity index (χ3v) is 10.6. The summed E-state index contributed by atoms with van der Waals surface area (Å²) in [5.41, 5.74) is 2.41. The largest absolute Gasteiger partial charge is 0.495 e. The van der Waals surface area contributed by atoms with Crippen LogP contribution >= 0.6 is 23.2 Å². The maximum atomic E-state index is 11.2. The van der Waals surface area contributed by atoms with Gasteiger partial charge in [-0.3, -0.25) is 9.88 Å². The molecule has 6 rings (SSSR count). The standard InChI is InChI=1S/C34H40Cl2N6O5/c1-45-29-17-28(25(35)15-26(29)36)39-32-22(20-37)21-38-27-16-31(30(46-2)14-24(27)32)47-13-3-6-40-9-11-41(12-10-40)23-18-34(19-23)4-7-42(8-5-34)33(43)44/h14-17,21,23H,3-13,18-19H2,1-2H3,(H,38,39)(H,43,44). The fraction of sp³-hybridized carbons (Fsp3) is 0.500. The van der Waals surface area contributed by atoms with E-state index in [9.17, 15) is 15.2 Å². The molecule has 47 heavy (non-hydrogen) atoms. The molecule has 0 unspecified atom stereocenters. The summed E-state index contributed by atoms with van der Waals surface area (Å²) in [5, 5.41) is 23.8. The van der Waals surface area contributed by atoms with Crippen LogP contribution in [0.15, 0.2) is 30.5 Å². The van der Waals surface area contributed by atoms with Crippen LogP contribution < -0.4 is 19.5 Å². The van der Waals surface area contributed by atoms with E-state index >= 15 is 0 Å². The number of nitriles is 1. The Hall–Kier alpha value is -3.69. The topological polar surface area (TPSA) is 123 Å². The van der Waals surface area contributed by atoms with E-state index in [4.69, 9.17) is 37.4 Å². The quantitative estimate of drug-likeness (QED) is 0.230. The number of hydrogen-bond acceptors (Lipinski definition) is 9. The number of amides is 1. The molecule has 13 heteroatoms. The molecule has 1 aromatic heterocycles. The second kappa shape index (κ2) is 14.2. The molecule has 2 aliphatic heterocycles. The average Bonchev–Trinajstić information content (AvgIpc) is 3.06. The van der Waals surface area contributed by atoms with Crippen molar-refractivity contribution in [2.24, 2.45) is 5.41 Å². The van der Waals surface area contributed by atoms with Gasteiger partial charge in [0.2, 0.25) is 0 Å². The number of methoxy groups -OCH3 is 2. The first-order chi connectivity index (χ1) is 22.7. The van der Waals surface area contributed by atoms with Crippen LogP contribution in [0.25, 0.3) is 10.9 Å². The first-order valence-corrected chi connectivity index (χ1v) is 16.8. The molecule has 0 radical (unpaired) electrons. The predicted octanol–water partition coefficient (Wildman–Crippen LogP) is 6.48. The van der Waals surface area contributed by atoms with Gasteiger partial charge < -0.3 is 34.4 Å². The van der Waals surface area contributed by atoms with Gasteiger partial charge in [-0.1, -0.05) is 23.2 Å². The highest BCUT2D eigenvalue weighted by atomic mass is 35.5. The Labute approximate surface area is 284 Å². The lowest BCUT2D eigenvalue weighted by atomic mass is 9.60. The summed E-state index contributed by atoms with van der Waals surface area (Å²) in [6.45, 7) is 7.06. The predicted molar refractivity (Wildman–Crippen MR) is 182 cm³/mol. The monoisotopic (exact) mass is 682 g/mol. The second-order valence-corrected chi connectivity index (χ2v) is 13.5. The fourth-order valence-electron chi connectivity index (χ4n) is 7.21. The molecule has 1 amide bonds. The number of aromatic nitrogens is 1. The van der Waals surface area contributed by atoms with Crippen molar-refractivity contribution in [2.75, 3.05) is 72.0 Å². The van der Waals surface area contributed by atoms with Gasteiger partial charge in [-0.05, 0) is 49.7 Å². The number of likely N-dealkylation sites (tertiary alicyclic amines) is 1. The highest BCUT2D eigenvalue weighted by Crippen LogP contribution is 2.51. The number of carbonyl (C=O) groups is 1. The summed E-state index contributed by atoms with van der Waals surface area (Å²) in [7, 11) is 3.11. The molecule has 3 aliphatic rings. The van der Waals surface area contributed by atoms with Gasteiger partial charge in [0, 0.05) is 75.6 Å². The van der Waals surface area contributed by atoms with Crippen LogP contribution in [-0.4, -0.2) is 104 Å². The molecule has 250 valence electrons. The van der Waals surface area contributed by atoms with Crippen LogP contribution in [0.3, 0.4) is 0 Å². The van der Waals surface area contributed by atoms with E-state index < -0.39 is 6.09 Å². The molecule has 2 N–H and O–H groups in total. The number of hydrogen-bond donors (Lipinski definition) is 2. The van der Waals surface area contributed by atoms with E-state index in [2.05, 4.69) is 26.2 Å². The van der Waals surface area contributed by atoms with Gasteiger partial charge in [-0.2, -0.15) is 5.26 Å². The Morgan fingerprint density at radius 3 is 2.40 bits per heavy atom. The van der Waals surface area contributed by atoms with Gasteiger partial charge in [0.05, 0.1) is 53.3 Å². The Morgan fingerprint density at radius 2 is 1.74 bits per heavy atom. The highest BCUT2D eigenvalue weighted by Gasteiger charge is 2.48. The number of rotatable bonds is 10. The van der Waals surface area contributed by atoms with Crippen LogP contribution in [0.2, 0.25) is 10.0 Å². The molecule has 2 aromatic carbocycles. The zero-order chi connectivity index (χ0) is 33.1. The van der Waals surface area contributed by atoms with Gasteiger partial charge in [-0.25, -0.2) is 4.79 Å². The molecule has 11 nitrogen and oxygen atoms in total. The molecule has 3 fully saturated rings. The number of nitrogens with zero attached hydrogens (tertiary/aromatic N) is 5. The number of fused-ring (bicyclic) bond motifs is 1. The molecule has 3 aromatic rings. The van der Waals surface area contributed by atoms with Crippen molar-refractivity contribution >= 4 is 51.6 Å². The third kappa shape index (κ3) is 7.11. The van der Waals surface area contributed by atoms with Crippen molar-refractivity contribution in [3.63, 3.8) is 0 Å². The number of anilines is 2. The Kier molecular flexibility index (Phi) is 10.0. The lowest BCUT2D eigenvalue weighted by Gasteiger charge is -2.56. The van der Waals surface area contributed by atoms with E-state index in [0.29, 0.717) is 86.3 Å². The summed E-state index contributed by atoms with van der Waals surface area (Å²) in [4.78, 5) is 22.5. The Balaban J connectivity index is 1.02. The summed E-state index contributed by atoms with van der Waals surface area (Å²) >= 11 is 12.7. The number of halogens is 2. The average molecular weight is 684 g/mol. The van der Waals surface area contributed by atoms with Crippen LogP contribution in [0.5, 0.6) is 17.2 Å². The van der Waals surface area contributed by atoms with Crippen molar-refractivity contribution in [2.45, 2.75) is 38.1 Å². The van der Waals surface area contributed by atoms with Crippen molar-refractivity contribution < 1.29 is 24.1 Å². The zero-order valence-corrected chi connectivity index (χ0v) is 28.2. The Morgan fingerprint density at radius 1 is 1.02 bits per heavy atom. The first kappa shape index (κ1) is 33.2. The van der Waals surface area contributed by atoms with Gasteiger partial charge in [0.1, 0.15) is 11.8 Å². The number of benzene rings is 2. The van der Waals surface area contributed by atoms with Crippen molar-refractivity contribution in [3.8, 4) is 23.3 Å². The molecular weight excluding hydrogens is 643 g/mol. The minimum Gasteiger partial charge on any atom is -0.495 e. The first-order valence-electron chi connectivity index (χ1n) is 16.0. The van der Waals surface area contributed by atoms with Gasteiger partial charge >= 0.3 is 6.09 Å². The SMILES string of the molecule is COc1cc(Nc2c(C#N)cnc3cc(OCCCN4CCN(C5CC6(CCN(C(=O)O)CC6)C5)CC4)c(OC)cc23)c(Cl)cc1Cl. The molecular formula is C34H40Cl2N6O5. The molecule has 0 bridgehead atoms. The van der Waals surface area contributed by atoms with Crippen molar-refractivity contribution in [1.82, 2.24) is 19.7 Å². The van der Waals surface area contributed by atoms with Crippen LogP contribution in [-0.2, 0) is 0 Å². The van der Waals surface area contributed by atoms with Crippen LogP contribution in [0, 0.1) is 16.7 Å². The van der Waals surface area contributed by atoms with Crippen molar-refractivity contribution in [1.29, 1.82) is 5.26 Å². The van der Waals surface area contributed by atoms with E-state index in [1.807, 2.05) is 12.1 Å². The molecule has 1 aliphatic carbocycles. The normalized spacial score (nSPS) is 18.5. The lowest BCUT2D eigenvalue weighted by Crippen LogP contribution is -2.59. The van der Waals surface area contributed by atoms with E-state index in [1.54, 1.807) is 24.1 Å². The molecule has 0 atom stereocenters. The summed E-state index contributed by atoms with van der Waals surface area (Å²) in [5.74, 6) is 1.58. The molecule has 3 heterocycles. The zero-order valence-electron chi connectivity index (χ0n) is 26.7. The fourth-order valence-corrected chi connectivity index (χ4v) is 7.72. The van der Waals surface area contributed by atoms with Crippen LogP contribution in [0.1, 0.15) is 37.7 Å². The lowest BCUT2D eigenvalue weighted by molar-refractivity contribution is -0.0523. The maximum Gasteiger partial charge on any atom is 0.407 e. The van der Waals surface area contributed by atoms with Gasteiger partial charge in [0.25, 0.3) is 0 Å². The smallest absolute Gasteiger partial charge is 0.407 e. The maximum absolute atomic E-state index is 11.2.